The maximum absolute atomic E-state index is 12.1. The van der Waals surface area contributed by atoms with Crippen molar-refractivity contribution in [3.63, 3.8) is 0 Å². The lowest BCUT2D eigenvalue weighted by Gasteiger charge is -2.31. The van der Waals surface area contributed by atoms with Gasteiger partial charge in [0.1, 0.15) is 6.10 Å². The number of hydrogen-bond acceptors (Lipinski definition) is 1. The van der Waals surface area contributed by atoms with Crippen molar-refractivity contribution in [3.8, 4) is 0 Å². The van der Waals surface area contributed by atoms with Gasteiger partial charge in [0.2, 0.25) is 0 Å². The van der Waals surface area contributed by atoms with Crippen molar-refractivity contribution in [2.75, 3.05) is 0 Å². The zero-order valence-electron chi connectivity index (χ0n) is 6.27. The molecule has 0 saturated carbocycles. The van der Waals surface area contributed by atoms with E-state index in [1.165, 1.54) is 0 Å². The highest BCUT2D eigenvalue weighted by atomic mass is 127. The Morgan fingerprint density at radius 3 is 2.55 bits per heavy atom. The fourth-order valence-electron chi connectivity index (χ4n) is 1.17. The molecule has 0 spiro atoms. The van der Waals surface area contributed by atoms with E-state index in [1.54, 1.807) is 0 Å². The first-order chi connectivity index (χ1) is 5.11. The average molecular weight is 276 g/mol. The second-order valence-corrected chi connectivity index (χ2v) is 4.41. The van der Waals surface area contributed by atoms with Gasteiger partial charge in [-0.25, -0.2) is 8.78 Å². The van der Waals surface area contributed by atoms with Crippen LogP contribution in [0.4, 0.5) is 8.78 Å². The van der Waals surface area contributed by atoms with Crippen molar-refractivity contribution in [1.82, 2.24) is 0 Å². The molecule has 1 aliphatic heterocycles. The van der Waals surface area contributed by atoms with Gasteiger partial charge in [-0.2, -0.15) is 0 Å². The van der Waals surface area contributed by atoms with E-state index in [9.17, 15) is 8.78 Å². The molecule has 1 rings (SSSR count). The lowest BCUT2D eigenvalue weighted by atomic mass is 10.1. The van der Waals surface area contributed by atoms with Gasteiger partial charge in [0, 0.05) is 3.92 Å². The molecule has 1 heterocycles. The van der Waals surface area contributed by atoms with E-state index in [0.29, 0.717) is 10.3 Å². The molecule has 66 valence electrons. The third-order valence-corrected chi connectivity index (χ3v) is 3.54. The van der Waals surface area contributed by atoms with Crippen molar-refractivity contribution in [2.45, 2.75) is 42.3 Å². The first-order valence-corrected chi connectivity index (χ1v) is 4.93. The van der Waals surface area contributed by atoms with Gasteiger partial charge < -0.3 is 4.74 Å². The van der Waals surface area contributed by atoms with Gasteiger partial charge in [-0.1, -0.05) is 22.6 Å². The Morgan fingerprint density at radius 1 is 1.45 bits per heavy atom. The number of alkyl halides is 3. The summed E-state index contributed by atoms with van der Waals surface area (Å²) in [6.45, 7) is 1.85. The standard InChI is InChI=1S/C7H11F2IO/c1-4-5(10)2-3-6(11-4)7(8)9/h4-7H,2-3H2,1H3/t4-,5?,6?/m0/s1. The van der Waals surface area contributed by atoms with Crippen LogP contribution in [0, 0.1) is 0 Å². The van der Waals surface area contributed by atoms with Crippen LogP contribution < -0.4 is 0 Å². The summed E-state index contributed by atoms with van der Waals surface area (Å²) >= 11 is 2.25. The van der Waals surface area contributed by atoms with Crippen LogP contribution in [0.2, 0.25) is 0 Å². The first kappa shape index (κ1) is 9.64. The average Bonchev–Trinajstić information content (AvgIpc) is 1.94. The van der Waals surface area contributed by atoms with Crippen molar-refractivity contribution in [2.24, 2.45) is 0 Å². The van der Waals surface area contributed by atoms with Gasteiger partial charge in [0.25, 0.3) is 6.43 Å². The minimum Gasteiger partial charge on any atom is -0.368 e. The third-order valence-electron chi connectivity index (χ3n) is 1.91. The Bertz CT molecular complexity index is 132. The maximum Gasteiger partial charge on any atom is 0.264 e. The SMILES string of the molecule is C[C@@H]1OC(C(F)F)CCC1I. The van der Waals surface area contributed by atoms with E-state index < -0.39 is 12.5 Å². The molecule has 0 N–H and O–H groups in total. The lowest BCUT2D eigenvalue weighted by Crippen LogP contribution is -2.37. The Hall–Kier alpha value is 0.550. The molecular weight excluding hydrogens is 265 g/mol. The highest BCUT2D eigenvalue weighted by molar-refractivity contribution is 14.1. The number of halogens is 3. The number of ether oxygens (including phenoxy) is 1. The normalized spacial score (nSPS) is 39.5. The second-order valence-electron chi connectivity index (χ2n) is 2.81. The summed E-state index contributed by atoms with van der Waals surface area (Å²) < 4.78 is 29.7. The Balaban J connectivity index is 2.40. The van der Waals surface area contributed by atoms with E-state index in [1.807, 2.05) is 6.92 Å². The van der Waals surface area contributed by atoms with E-state index in [0.717, 1.165) is 6.42 Å². The van der Waals surface area contributed by atoms with Crippen LogP contribution in [0.5, 0.6) is 0 Å². The molecule has 0 bridgehead atoms. The van der Waals surface area contributed by atoms with E-state index in [4.69, 9.17) is 4.74 Å². The quantitative estimate of drug-likeness (QED) is 0.528. The summed E-state index contributed by atoms with van der Waals surface area (Å²) in [5.41, 5.74) is 0. The van der Waals surface area contributed by atoms with Crippen molar-refractivity contribution in [3.05, 3.63) is 0 Å². The van der Waals surface area contributed by atoms with Crippen molar-refractivity contribution < 1.29 is 13.5 Å². The summed E-state index contributed by atoms with van der Waals surface area (Å²) in [4.78, 5) is 0. The maximum atomic E-state index is 12.1. The molecule has 0 amide bonds. The topological polar surface area (TPSA) is 9.23 Å². The number of rotatable bonds is 1. The Kier molecular flexibility index (Phi) is 3.49. The van der Waals surface area contributed by atoms with Gasteiger partial charge in [0.15, 0.2) is 0 Å². The van der Waals surface area contributed by atoms with Crippen LogP contribution in [0.15, 0.2) is 0 Å². The van der Waals surface area contributed by atoms with Crippen LogP contribution in [0.3, 0.4) is 0 Å². The molecule has 0 aromatic carbocycles. The van der Waals surface area contributed by atoms with Crippen molar-refractivity contribution in [1.29, 1.82) is 0 Å². The van der Waals surface area contributed by atoms with Gasteiger partial charge in [-0.05, 0) is 19.8 Å². The predicted octanol–water partition coefficient (Wildman–Crippen LogP) is 2.62. The molecule has 0 radical (unpaired) electrons. The lowest BCUT2D eigenvalue weighted by molar-refractivity contribution is -0.107. The smallest absolute Gasteiger partial charge is 0.264 e. The second kappa shape index (κ2) is 3.98. The Labute approximate surface area is 78.6 Å². The molecule has 0 aromatic heterocycles. The first-order valence-electron chi connectivity index (χ1n) is 3.69. The molecular formula is C7H11F2IO. The van der Waals surface area contributed by atoms with Gasteiger partial charge in [-0.15, -0.1) is 0 Å². The van der Waals surface area contributed by atoms with Crippen molar-refractivity contribution >= 4 is 22.6 Å². The molecule has 1 nitrogen and oxygen atoms in total. The van der Waals surface area contributed by atoms with E-state index in [-0.39, 0.29) is 6.10 Å². The zero-order valence-corrected chi connectivity index (χ0v) is 8.42. The molecule has 2 unspecified atom stereocenters. The zero-order chi connectivity index (χ0) is 8.43. The predicted molar refractivity (Wildman–Crippen MR) is 47.4 cm³/mol. The van der Waals surface area contributed by atoms with Crippen LogP contribution in [0.25, 0.3) is 0 Å². The minimum atomic E-state index is -2.32. The number of hydrogen-bond donors (Lipinski definition) is 0. The van der Waals surface area contributed by atoms with E-state index >= 15 is 0 Å². The van der Waals surface area contributed by atoms with Crippen LogP contribution in [-0.4, -0.2) is 22.6 Å². The fourth-order valence-corrected chi connectivity index (χ4v) is 1.70. The highest BCUT2D eigenvalue weighted by Crippen LogP contribution is 2.28. The Morgan fingerprint density at radius 2 is 2.09 bits per heavy atom. The fraction of sp³-hybridized carbons (Fsp3) is 1.00. The molecule has 0 aromatic rings. The summed E-state index contributed by atoms with van der Waals surface area (Å²) in [5, 5.41) is 0. The van der Waals surface area contributed by atoms with Gasteiger partial charge in [0.05, 0.1) is 6.10 Å². The van der Waals surface area contributed by atoms with Crippen LogP contribution in [-0.2, 0) is 4.74 Å². The molecule has 4 heteroatoms. The summed E-state index contributed by atoms with van der Waals surface area (Å²) in [6.07, 6.45) is -1.83. The summed E-state index contributed by atoms with van der Waals surface area (Å²) in [7, 11) is 0. The van der Waals surface area contributed by atoms with E-state index in [2.05, 4.69) is 22.6 Å². The molecule has 0 aliphatic carbocycles. The van der Waals surface area contributed by atoms with Gasteiger partial charge >= 0.3 is 0 Å². The molecule has 1 saturated heterocycles. The molecule has 11 heavy (non-hydrogen) atoms. The largest absolute Gasteiger partial charge is 0.368 e. The molecule has 3 atom stereocenters. The summed E-state index contributed by atoms with van der Waals surface area (Å²) in [6, 6.07) is 0. The molecule has 1 aliphatic rings. The molecule has 1 fully saturated rings. The highest BCUT2D eigenvalue weighted by Gasteiger charge is 2.31. The third kappa shape index (κ3) is 2.50. The monoisotopic (exact) mass is 276 g/mol. The minimum absolute atomic E-state index is 0.0247. The van der Waals surface area contributed by atoms with Crippen LogP contribution in [0.1, 0.15) is 19.8 Å². The van der Waals surface area contributed by atoms with Gasteiger partial charge in [-0.3, -0.25) is 0 Å². The van der Waals surface area contributed by atoms with Crippen LogP contribution >= 0.6 is 22.6 Å². The summed E-state index contributed by atoms with van der Waals surface area (Å²) in [5.74, 6) is 0.